The third-order valence-corrected chi connectivity index (χ3v) is 3.33. The fourth-order valence-corrected chi connectivity index (χ4v) is 2.55. The average Bonchev–Trinajstić information content (AvgIpc) is 2.40. The van der Waals surface area contributed by atoms with Gasteiger partial charge < -0.3 is 5.32 Å². The Labute approximate surface area is 122 Å². The van der Waals surface area contributed by atoms with Crippen molar-refractivity contribution in [3.63, 3.8) is 0 Å². The van der Waals surface area contributed by atoms with Crippen molar-refractivity contribution in [2.75, 3.05) is 6.54 Å². The highest BCUT2D eigenvalue weighted by molar-refractivity contribution is 5.37. The van der Waals surface area contributed by atoms with Crippen LogP contribution in [0.4, 0.5) is 13.2 Å². The van der Waals surface area contributed by atoms with Crippen molar-refractivity contribution >= 4 is 0 Å². The van der Waals surface area contributed by atoms with E-state index in [1.54, 1.807) is 0 Å². The summed E-state index contributed by atoms with van der Waals surface area (Å²) in [6.45, 7) is 6.46. The van der Waals surface area contributed by atoms with Crippen LogP contribution >= 0.6 is 0 Å². The Morgan fingerprint density at radius 2 is 1.33 bits per heavy atom. The molecule has 1 N–H and O–H groups in total. The first-order valence-corrected chi connectivity index (χ1v) is 6.88. The van der Waals surface area contributed by atoms with Crippen molar-refractivity contribution in [2.45, 2.75) is 26.8 Å². The van der Waals surface area contributed by atoms with Crippen LogP contribution in [0, 0.1) is 31.3 Å². The third kappa shape index (κ3) is 3.45. The second kappa shape index (κ2) is 6.31. The number of aryl methyl sites for hydroxylation is 2. The molecule has 0 fully saturated rings. The molecule has 0 amide bonds. The van der Waals surface area contributed by atoms with Crippen LogP contribution in [-0.2, 0) is 0 Å². The molecule has 2 aromatic carbocycles. The molecule has 1 atom stereocenters. The Balaban J connectivity index is 2.53. The molecule has 0 aliphatic rings. The highest BCUT2D eigenvalue weighted by Crippen LogP contribution is 2.26. The van der Waals surface area contributed by atoms with E-state index >= 15 is 0 Å². The lowest BCUT2D eigenvalue weighted by atomic mass is 9.95. The average molecular weight is 293 g/mol. The van der Waals surface area contributed by atoms with Gasteiger partial charge in [-0.05, 0) is 43.7 Å². The van der Waals surface area contributed by atoms with Gasteiger partial charge in [0.05, 0.1) is 6.04 Å². The molecule has 112 valence electrons. The smallest absolute Gasteiger partial charge is 0.194 e. The molecule has 2 rings (SSSR count). The first-order valence-electron chi connectivity index (χ1n) is 6.88. The highest BCUT2D eigenvalue weighted by atomic mass is 19.2. The number of benzene rings is 2. The maximum absolute atomic E-state index is 13.5. The van der Waals surface area contributed by atoms with Gasteiger partial charge in [0.1, 0.15) is 0 Å². The molecule has 0 aliphatic heterocycles. The van der Waals surface area contributed by atoms with Crippen molar-refractivity contribution in [3.8, 4) is 0 Å². The van der Waals surface area contributed by atoms with Gasteiger partial charge in [0.25, 0.3) is 0 Å². The van der Waals surface area contributed by atoms with Crippen LogP contribution in [0.2, 0.25) is 0 Å². The van der Waals surface area contributed by atoms with E-state index in [4.69, 9.17) is 0 Å². The van der Waals surface area contributed by atoms with Crippen LogP contribution in [0.25, 0.3) is 0 Å². The highest BCUT2D eigenvalue weighted by Gasteiger charge is 2.18. The summed E-state index contributed by atoms with van der Waals surface area (Å²) in [4.78, 5) is 0. The molecule has 0 bridgehead atoms. The molecule has 0 saturated heterocycles. The summed E-state index contributed by atoms with van der Waals surface area (Å²) in [6, 6.07) is 7.66. The van der Waals surface area contributed by atoms with Crippen molar-refractivity contribution in [1.29, 1.82) is 0 Å². The van der Waals surface area contributed by atoms with Crippen LogP contribution < -0.4 is 5.32 Å². The van der Waals surface area contributed by atoms with Crippen LogP contribution in [0.15, 0.2) is 30.3 Å². The topological polar surface area (TPSA) is 12.0 Å². The molecule has 0 aliphatic carbocycles. The van der Waals surface area contributed by atoms with Crippen molar-refractivity contribution in [2.24, 2.45) is 0 Å². The molecule has 4 heteroatoms. The van der Waals surface area contributed by atoms with Crippen LogP contribution in [0.3, 0.4) is 0 Å². The predicted molar refractivity (Wildman–Crippen MR) is 77.8 cm³/mol. The first kappa shape index (κ1) is 15.6. The van der Waals surface area contributed by atoms with Gasteiger partial charge >= 0.3 is 0 Å². The fraction of sp³-hybridized carbons (Fsp3) is 0.294. The maximum atomic E-state index is 13.5. The van der Waals surface area contributed by atoms with E-state index in [9.17, 15) is 13.2 Å². The van der Waals surface area contributed by atoms with E-state index in [0.29, 0.717) is 12.1 Å². The molecular formula is C17H18F3N. The van der Waals surface area contributed by atoms with E-state index in [-0.39, 0.29) is 6.04 Å². The minimum Gasteiger partial charge on any atom is -0.307 e. The normalized spacial score (nSPS) is 12.5. The molecule has 0 radical (unpaired) electrons. The number of nitrogens with one attached hydrogen (secondary N) is 1. The van der Waals surface area contributed by atoms with Crippen molar-refractivity contribution in [3.05, 3.63) is 70.0 Å². The van der Waals surface area contributed by atoms with Crippen LogP contribution in [0.5, 0.6) is 0 Å². The van der Waals surface area contributed by atoms with Crippen molar-refractivity contribution in [1.82, 2.24) is 5.32 Å². The Kier molecular flexibility index (Phi) is 4.68. The summed E-state index contributed by atoms with van der Waals surface area (Å²) in [6.07, 6.45) is 0. The lowest BCUT2D eigenvalue weighted by Gasteiger charge is -2.20. The van der Waals surface area contributed by atoms with Crippen LogP contribution in [-0.4, -0.2) is 6.54 Å². The molecule has 0 spiro atoms. The van der Waals surface area contributed by atoms with Gasteiger partial charge in [0, 0.05) is 0 Å². The maximum Gasteiger partial charge on any atom is 0.194 e. The standard InChI is InChI=1S/C17H18F3N/c1-4-21-17(12-6-10(2)5-11(3)7-12)13-8-14(18)16(20)15(19)9-13/h5-9,17,21H,4H2,1-3H3. The van der Waals surface area contributed by atoms with Gasteiger partial charge in [-0.2, -0.15) is 0 Å². The molecular weight excluding hydrogens is 275 g/mol. The Bertz CT molecular complexity index is 609. The third-order valence-electron chi connectivity index (χ3n) is 3.33. The lowest BCUT2D eigenvalue weighted by Crippen LogP contribution is -2.22. The van der Waals surface area contributed by atoms with E-state index in [1.807, 2.05) is 39.0 Å². The van der Waals surface area contributed by atoms with Gasteiger partial charge in [0.2, 0.25) is 0 Å². The lowest BCUT2D eigenvalue weighted by molar-refractivity contribution is 0.442. The van der Waals surface area contributed by atoms with E-state index in [1.165, 1.54) is 0 Å². The van der Waals surface area contributed by atoms with E-state index < -0.39 is 17.5 Å². The molecule has 1 nitrogen and oxygen atoms in total. The predicted octanol–water partition coefficient (Wildman–Crippen LogP) is 4.42. The summed E-state index contributed by atoms with van der Waals surface area (Å²) < 4.78 is 40.1. The number of rotatable bonds is 4. The number of hydrogen-bond donors (Lipinski definition) is 1. The van der Waals surface area contributed by atoms with Gasteiger partial charge in [-0.1, -0.05) is 36.2 Å². The second-order valence-electron chi connectivity index (χ2n) is 5.21. The molecule has 1 unspecified atom stereocenters. The molecule has 2 aromatic rings. The van der Waals surface area contributed by atoms with E-state index in [2.05, 4.69) is 5.32 Å². The Morgan fingerprint density at radius 1 is 0.857 bits per heavy atom. The van der Waals surface area contributed by atoms with Crippen molar-refractivity contribution < 1.29 is 13.2 Å². The zero-order valence-corrected chi connectivity index (χ0v) is 12.3. The van der Waals surface area contributed by atoms with Crippen LogP contribution in [0.1, 0.15) is 35.2 Å². The van der Waals surface area contributed by atoms with Gasteiger partial charge in [-0.15, -0.1) is 0 Å². The minimum absolute atomic E-state index is 0.373. The summed E-state index contributed by atoms with van der Waals surface area (Å²) in [7, 11) is 0. The summed E-state index contributed by atoms with van der Waals surface area (Å²) in [5, 5.41) is 3.19. The minimum atomic E-state index is -1.44. The molecule has 0 aromatic heterocycles. The zero-order chi connectivity index (χ0) is 15.6. The molecule has 0 saturated carbocycles. The second-order valence-corrected chi connectivity index (χ2v) is 5.21. The quantitative estimate of drug-likeness (QED) is 0.823. The summed E-state index contributed by atoms with van der Waals surface area (Å²) >= 11 is 0. The summed E-state index contributed by atoms with van der Waals surface area (Å²) in [5.41, 5.74) is 3.41. The zero-order valence-electron chi connectivity index (χ0n) is 12.3. The van der Waals surface area contributed by atoms with E-state index in [0.717, 1.165) is 28.8 Å². The number of halogens is 3. The molecule has 21 heavy (non-hydrogen) atoms. The van der Waals surface area contributed by atoms with Gasteiger partial charge in [0.15, 0.2) is 17.5 Å². The van der Waals surface area contributed by atoms with Gasteiger partial charge in [-0.3, -0.25) is 0 Å². The largest absolute Gasteiger partial charge is 0.307 e. The molecule has 0 heterocycles. The Morgan fingerprint density at radius 3 is 1.81 bits per heavy atom. The fourth-order valence-electron chi connectivity index (χ4n) is 2.55. The monoisotopic (exact) mass is 293 g/mol. The van der Waals surface area contributed by atoms with Gasteiger partial charge in [-0.25, -0.2) is 13.2 Å². The first-order chi connectivity index (χ1) is 9.92. The SMILES string of the molecule is CCNC(c1cc(C)cc(C)c1)c1cc(F)c(F)c(F)c1. The number of hydrogen-bond acceptors (Lipinski definition) is 1. The Hall–Kier alpha value is -1.81. The summed E-state index contributed by atoms with van der Waals surface area (Å²) in [5.74, 6) is -3.77.